The van der Waals surface area contributed by atoms with Gasteiger partial charge in [0.2, 0.25) is 5.91 Å². The topological polar surface area (TPSA) is 32.3 Å². The lowest BCUT2D eigenvalue weighted by molar-refractivity contribution is -0.143. The molecule has 1 saturated carbocycles. The normalized spacial score (nSPS) is 25.2. The number of hydrogen-bond donors (Lipinski definition) is 1. The van der Waals surface area contributed by atoms with Gasteiger partial charge in [0.15, 0.2) is 0 Å². The first-order valence-corrected chi connectivity index (χ1v) is 7.18. The van der Waals surface area contributed by atoms with Gasteiger partial charge in [-0.15, -0.1) is 0 Å². The largest absolute Gasteiger partial charge is 0.342 e. The van der Waals surface area contributed by atoms with E-state index in [0.717, 1.165) is 45.2 Å². The van der Waals surface area contributed by atoms with Crippen molar-refractivity contribution in [2.75, 3.05) is 20.1 Å². The maximum absolute atomic E-state index is 12.7. The van der Waals surface area contributed by atoms with Crippen molar-refractivity contribution in [1.29, 1.82) is 0 Å². The summed E-state index contributed by atoms with van der Waals surface area (Å²) >= 11 is 0. The van der Waals surface area contributed by atoms with Crippen LogP contribution in [-0.2, 0) is 4.79 Å². The monoisotopic (exact) mass is 238 g/mol. The summed E-state index contributed by atoms with van der Waals surface area (Å²) < 4.78 is 0. The van der Waals surface area contributed by atoms with Crippen LogP contribution in [0.1, 0.15) is 51.9 Å². The SMILES string of the molecule is CCC1(C(=O)N2CCC(NC)CC2)CCCC1. The zero-order chi connectivity index (χ0) is 12.3. The number of nitrogens with zero attached hydrogens (tertiary/aromatic N) is 1. The number of carbonyl (C=O) groups is 1. The molecule has 1 aliphatic heterocycles. The van der Waals surface area contributed by atoms with Gasteiger partial charge in [-0.05, 0) is 39.2 Å². The van der Waals surface area contributed by atoms with Gasteiger partial charge in [0.05, 0.1) is 0 Å². The van der Waals surface area contributed by atoms with E-state index < -0.39 is 0 Å². The molecule has 2 rings (SSSR count). The fourth-order valence-electron chi connectivity index (χ4n) is 3.48. The van der Waals surface area contributed by atoms with E-state index in [9.17, 15) is 4.79 Å². The Morgan fingerprint density at radius 2 is 1.88 bits per heavy atom. The van der Waals surface area contributed by atoms with Gasteiger partial charge in [-0.25, -0.2) is 0 Å². The van der Waals surface area contributed by atoms with Gasteiger partial charge in [-0.2, -0.15) is 0 Å². The van der Waals surface area contributed by atoms with Crippen LogP contribution in [0.4, 0.5) is 0 Å². The molecule has 0 unspecified atom stereocenters. The summed E-state index contributed by atoms with van der Waals surface area (Å²) in [5, 5.41) is 3.32. The third-order valence-corrected chi connectivity index (χ3v) is 4.88. The van der Waals surface area contributed by atoms with Crippen LogP contribution < -0.4 is 5.32 Å². The maximum Gasteiger partial charge on any atom is 0.228 e. The van der Waals surface area contributed by atoms with Gasteiger partial charge < -0.3 is 10.2 Å². The Bertz CT molecular complexity index is 263. The third-order valence-electron chi connectivity index (χ3n) is 4.88. The highest BCUT2D eigenvalue weighted by atomic mass is 16.2. The van der Waals surface area contributed by atoms with Gasteiger partial charge in [0, 0.05) is 24.5 Å². The second-order valence-corrected chi connectivity index (χ2v) is 5.70. The Morgan fingerprint density at radius 3 is 2.35 bits per heavy atom. The summed E-state index contributed by atoms with van der Waals surface area (Å²) in [5.74, 6) is 0.451. The van der Waals surface area contributed by atoms with Crippen LogP contribution in [0.15, 0.2) is 0 Å². The molecule has 3 nitrogen and oxygen atoms in total. The predicted octanol–water partition coefficient (Wildman–Crippen LogP) is 2.17. The molecule has 0 aromatic rings. The lowest BCUT2D eigenvalue weighted by atomic mass is 9.81. The van der Waals surface area contributed by atoms with Crippen molar-refractivity contribution in [2.45, 2.75) is 57.9 Å². The quantitative estimate of drug-likeness (QED) is 0.817. The van der Waals surface area contributed by atoms with Crippen molar-refractivity contribution >= 4 is 5.91 Å². The molecule has 1 heterocycles. The summed E-state index contributed by atoms with van der Waals surface area (Å²) in [6, 6.07) is 0.611. The number of likely N-dealkylation sites (tertiary alicyclic amines) is 1. The molecule has 0 radical (unpaired) electrons. The van der Waals surface area contributed by atoms with Crippen LogP contribution in [0, 0.1) is 5.41 Å². The summed E-state index contributed by atoms with van der Waals surface area (Å²) in [6.07, 6.45) is 7.98. The molecule has 0 spiro atoms. The van der Waals surface area contributed by atoms with Crippen molar-refractivity contribution in [2.24, 2.45) is 5.41 Å². The van der Waals surface area contributed by atoms with Crippen molar-refractivity contribution in [3.05, 3.63) is 0 Å². The van der Waals surface area contributed by atoms with Crippen LogP contribution in [-0.4, -0.2) is 37.0 Å². The molecule has 2 aliphatic rings. The molecule has 0 aromatic carbocycles. The lowest BCUT2D eigenvalue weighted by Crippen LogP contribution is -2.49. The van der Waals surface area contributed by atoms with Crippen molar-refractivity contribution in [3.8, 4) is 0 Å². The summed E-state index contributed by atoms with van der Waals surface area (Å²) in [4.78, 5) is 14.8. The molecule has 1 amide bonds. The Hall–Kier alpha value is -0.570. The van der Waals surface area contributed by atoms with Gasteiger partial charge >= 0.3 is 0 Å². The van der Waals surface area contributed by atoms with E-state index >= 15 is 0 Å². The number of amides is 1. The molecule has 98 valence electrons. The second-order valence-electron chi connectivity index (χ2n) is 5.70. The zero-order valence-electron chi connectivity index (χ0n) is 11.3. The minimum Gasteiger partial charge on any atom is -0.342 e. The first kappa shape index (κ1) is 12.9. The van der Waals surface area contributed by atoms with Crippen LogP contribution >= 0.6 is 0 Å². The molecule has 0 aromatic heterocycles. The maximum atomic E-state index is 12.7. The molecule has 3 heteroatoms. The molecule has 17 heavy (non-hydrogen) atoms. The first-order chi connectivity index (χ1) is 8.22. The van der Waals surface area contributed by atoms with Crippen molar-refractivity contribution in [3.63, 3.8) is 0 Å². The van der Waals surface area contributed by atoms with Crippen LogP contribution in [0.2, 0.25) is 0 Å². The highest BCUT2D eigenvalue weighted by molar-refractivity contribution is 5.83. The van der Waals surface area contributed by atoms with Crippen LogP contribution in [0.25, 0.3) is 0 Å². The second kappa shape index (κ2) is 5.38. The Kier molecular flexibility index (Phi) is 4.08. The predicted molar refractivity (Wildman–Crippen MR) is 69.9 cm³/mol. The van der Waals surface area contributed by atoms with E-state index in [4.69, 9.17) is 0 Å². The number of piperidine rings is 1. The average Bonchev–Trinajstić information content (AvgIpc) is 2.88. The van der Waals surface area contributed by atoms with E-state index in [1.165, 1.54) is 12.8 Å². The molecule has 0 bridgehead atoms. The first-order valence-electron chi connectivity index (χ1n) is 7.18. The minimum absolute atomic E-state index is 0.00643. The molecular formula is C14H26N2O. The van der Waals surface area contributed by atoms with Gasteiger partial charge in [0.25, 0.3) is 0 Å². The Balaban J connectivity index is 1.96. The fourth-order valence-corrected chi connectivity index (χ4v) is 3.48. The molecule has 0 atom stereocenters. The van der Waals surface area contributed by atoms with E-state index in [1.807, 2.05) is 7.05 Å². The molecule has 1 aliphatic carbocycles. The average molecular weight is 238 g/mol. The third kappa shape index (κ3) is 2.49. The molecule has 1 N–H and O–H groups in total. The summed E-state index contributed by atoms with van der Waals surface area (Å²) in [5.41, 5.74) is 0.00643. The zero-order valence-corrected chi connectivity index (χ0v) is 11.3. The molecular weight excluding hydrogens is 212 g/mol. The van der Waals surface area contributed by atoms with E-state index in [1.54, 1.807) is 0 Å². The van der Waals surface area contributed by atoms with Gasteiger partial charge in [-0.3, -0.25) is 4.79 Å². The smallest absolute Gasteiger partial charge is 0.228 e. The standard InChI is InChI=1S/C14H26N2O/c1-3-14(8-4-5-9-14)13(17)16-10-6-12(15-2)7-11-16/h12,15H,3-11H2,1-2H3. The van der Waals surface area contributed by atoms with Crippen molar-refractivity contribution in [1.82, 2.24) is 10.2 Å². The Labute approximate surface area is 105 Å². The van der Waals surface area contributed by atoms with E-state index in [-0.39, 0.29) is 5.41 Å². The van der Waals surface area contributed by atoms with Gasteiger partial charge in [-0.1, -0.05) is 19.8 Å². The molecule has 2 fully saturated rings. The summed E-state index contributed by atoms with van der Waals surface area (Å²) in [6.45, 7) is 4.09. The van der Waals surface area contributed by atoms with Crippen molar-refractivity contribution < 1.29 is 4.79 Å². The van der Waals surface area contributed by atoms with Crippen LogP contribution in [0.5, 0.6) is 0 Å². The van der Waals surface area contributed by atoms with Crippen LogP contribution in [0.3, 0.4) is 0 Å². The minimum atomic E-state index is 0.00643. The Morgan fingerprint density at radius 1 is 1.29 bits per heavy atom. The van der Waals surface area contributed by atoms with E-state index in [0.29, 0.717) is 11.9 Å². The number of hydrogen-bond acceptors (Lipinski definition) is 2. The fraction of sp³-hybridized carbons (Fsp3) is 0.929. The number of nitrogens with one attached hydrogen (secondary N) is 1. The van der Waals surface area contributed by atoms with E-state index in [2.05, 4.69) is 17.1 Å². The highest BCUT2D eigenvalue weighted by Gasteiger charge is 2.42. The van der Waals surface area contributed by atoms with Gasteiger partial charge in [0.1, 0.15) is 0 Å². The number of carbonyl (C=O) groups excluding carboxylic acids is 1. The highest BCUT2D eigenvalue weighted by Crippen LogP contribution is 2.42. The lowest BCUT2D eigenvalue weighted by Gasteiger charge is -2.38. The number of rotatable bonds is 3. The molecule has 1 saturated heterocycles. The summed E-state index contributed by atoms with van der Waals surface area (Å²) in [7, 11) is 2.02.